The molecule has 0 aromatic heterocycles. The Labute approximate surface area is 88.1 Å². The molecule has 0 amide bonds. The topological polar surface area (TPSA) is 15.3 Å². The second kappa shape index (κ2) is 3.21. The van der Waals surface area contributed by atoms with Gasteiger partial charge in [0.2, 0.25) is 0 Å². The molecule has 0 bridgehead atoms. The number of hydrogen-bond acceptors (Lipinski definition) is 2. The van der Waals surface area contributed by atoms with Crippen LogP contribution in [0.2, 0.25) is 0 Å². The van der Waals surface area contributed by atoms with Gasteiger partial charge in [0, 0.05) is 31.2 Å². The van der Waals surface area contributed by atoms with Gasteiger partial charge in [-0.15, -0.1) is 0 Å². The molecule has 1 saturated carbocycles. The van der Waals surface area contributed by atoms with Gasteiger partial charge in [0.1, 0.15) is 0 Å². The van der Waals surface area contributed by atoms with Gasteiger partial charge in [-0.3, -0.25) is 4.90 Å². The van der Waals surface area contributed by atoms with Gasteiger partial charge in [-0.2, -0.15) is 0 Å². The molecule has 0 spiro atoms. The average molecular weight is 196 g/mol. The highest BCUT2D eigenvalue weighted by atomic mass is 15.3. The first kappa shape index (κ1) is 10.4. The van der Waals surface area contributed by atoms with Gasteiger partial charge in [-0.1, -0.05) is 13.8 Å². The smallest absolute Gasteiger partial charge is 0.0252 e. The summed E-state index contributed by atoms with van der Waals surface area (Å²) in [6, 6.07) is 0.837. The Hall–Kier alpha value is -0.0800. The Morgan fingerprint density at radius 3 is 2.36 bits per heavy atom. The molecule has 1 aliphatic carbocycles. The van der Waals surface area contributed by atoms with E-state index in [1.165, 1.54) is 25.9 Å². The van der Waals surface area contributed by atoms with Gasteiger partial charge in [-0.05, 0) is 32.1 Å². The van der Waals surface area contributed by atoms with Crippen molar-refractivity contribution < 1.29 is 0 Å². The molecule has 14 heavy (non-hydrogen) atoms. The van der Waals surface area contributed by atoms with Gasteiger partial charge < -0.3 is 5.32 Å². The van der Waals surface area contributed by atoms with Crippen LogP contribution in [0.4, 0.5) is 0 Å². The fourth-order valence-corrected chi connectivity index (χ4v) is 2.97. The number of piperazine rings is 1. The fraction of sp³-hybridized carbons (Fsp3) is 1.00. The third-order valence-electron chi connectivity index (χ3n) is 4.01. The number of nitrogens with one attached hydrogen (secondary N) is 1. The molecular formula is C12H24N2. The van der Waals surface area contributed by atoms with Crippen molar-refractivity contribution >= 4 is 0 Å². The quantitative estimate of drug-likeness (QED) is 0.688. The van der Waals surface area contributed by atoms with Gasteiger partial charge in [-0.25, -0.2) is 0 Å². The summed E-state index contributed by atoms with van der Waals surface area (Å²) >= 11 is 0. The SMILES string of the molecule is CC1(C)CN(C2CCC2(C)C)CCN1. The van der Waals surface area contributed by atoms with E-state index in [1.807, 2.05) is 0 Å². The van der Waals surface area contributed by atoms with Crippen molar-refractivity contribution in [2.45, 2.75) is 52.1 Å². The van der Waals surface area contributed by atoms with Crippen molar-refractivity contribution in [2.24, 2.45) is 5.41 Å². The van der Waals surface area contributed by atoms with Gasteiger partial charge >= 0.3 is 0 Å². The van der Waals surface area contributed by atoms with E-state index in [0.29, 0.717) is 11.0 Å². The maximum Gasteiger partial charge on any atom is 0.0252 e. The lowest BCUT2D eigenvalue weighted by atomic mass is 9.66. The maximum absolute atomic E-state index is 3.58. The van der Waals surface area contributed by atoms with Crippen LogP contribution in [0.1, 0.15) is 40.5 Å². The fourth-order valence-electron chi connectivity index (χ4n) is 2.97. The Morgan fingerprint density at radius 1 is 1.21 bits per heavy atom. The van der Waals surface area contributed by atoms with Gasteiger partial charge in [0.25, 0.3) is 0 Å². The second-order valence-electron chi connectivity index (χ2n) is 6.32. The van der Waals surface area contributed by atoms with Crippen LogP contribution in [0.5, 0.6) is 0 Å². The van der Waals surface area contributed by atoms with E-state index >= 15 is 0 Å². The minimum Gasteiger partial charge on any atom is -0.309 e. The molecule has 2 fully saturated rings. The van der Waals surface area contributed by atoms with E-state index in [2.05, 4.69) is 37.9 Å². The minimum absolute atomic E-state index is 0.309. The molecule has 1 unspecified atom stereocenters. The summed E-state index contributed by atoms with van der Waals surface area (Å²) < 4.78 is 0. The van der Waals surface area contributed by atoms with Crippen LogP contribution in [0.3, 0.4) is 0 Å². The van der Waals surface area contributed by atoms with E-state index in [-0.39, 0.29) is 0 Å². The summed E-state index contributed by atoms with van der Waals surface area (Å²) in [6.07, 6.45) is 2.81. The molecule has 1 saturated heterocycles. The predicted octanol–water partition coefficient (Wildman–Crippen LogP) is 1.86. The average Bonchev–Trinajstić information content (AvgIpc) is 2.00. The minimum atomic E-state index is 0.309. The van der Waals surface area contributed by atoms with E-state index < -0.39 is 0 Å². The van der Waals surface area contributed by atoms with Crippen LogP contribution in [0, 0.1) is 5.41 Å². The molecule has 0 aromatic rings. The molecule has 1 heterocycles. The van der Waals surface area contributed by atoms with Gasteiger partial charge in [0.05, 0.1) is 0 Å². The van der Waals surface area contributed by atoms with E-state index in [9.17, 15) is 0 Å². The van der Waals surface area contributed by atoms with Crippen molar-refractivity contribution in [3.05, 3.63) is 0 Å². The molecule has 2 aliphatic rings. The number of nitrogens with zero attached hydrogens (tertiary/aromatic N) is 1. The zero-order valence-electron chi connectivity index (χ0n) is 10.1. The lowest BCUT2D eigenvalue weighted by Gasteiger charge is -2.54. The van der Waals surface area contributed by atoms with Crippen molar-refractivity contribution in [3.8, 4) is 0 Å². The predicted molar refractivity (Wildman–Crippen MR) is 60.5 cm³/mol. The third kappa shape index (κ3) is 1.82. The zero-order chi connectivity index (χ0) is 10.4. The van der Waals surface area contributed by atoms with Crippen LogP contribution < -0.4 is 5.32 Å². The molecule has 2 heteroatoms. The molecule has 1 aliphatic heterocycles. The first-order chi connectivity index (χ1) is 6.41. The first-order valence-corrected chi connectivity index (χ1v) is 5.90. The van der Waals surface area contributed by atoms with Crippen LogP contribution in [-0.2, 0) is 0 Å². The highest BCUT2D eigenvalue weighted by Crippen LogP contribution is 2.43. The van der Waals surface area contributed by atoms with E-state index in [0.717, 1.165) is 12.6 Å². The zero-order valence-corrected chi connectivity index (χ0v) is 10.1. The normalized spacial score (nSPS) is 36.4. The first-order valence-electron chi connectivity index (χ1n) is 5.90. The molecular weight excluding hydrogens is 172 g/mol. The summed E-state index contributed by atoms with van der Waals surface area (Å²) in [5.41, 5.74) is 0.872. The molecule has 2 rings (SSSR count). The maximum atomic E-state index is 3.58. The lowest BCUT2D eigenvalue weighted by Crippen LogP contribution is -2.63. The third-order valence-corrected chi connectivity index (χ3v) is 4.01. The molecule has 1 N–H and O–H groups in total. The van der Waals surface area contributed by atoms with E-state index in [1.54, 1.807) is 0 Å². The van der Waals surface area contributed by atoms with Gasteiger partial charge in [0.15, 0.2) is 0 Å². The summed E-state index contributed by atoms with van der Waals surface area (Å²) in [5.74, 6) is 0. The highest BCUT2D eigenvalue weighted by molar-refractivity contribution is 4.99. The second-order valence-corrected chi connectivity index (χ2v) is 6.32. The highest BCUT2D eigenvalue weighted by Gasteiger charge is 2.44. The summed E-state index contributed by atoms with van der Waals surface area (Å²) in [6.45, 7) is 13.0. The van der Waals surface area contributed by atoms with Crippen LogP contribution in [0.25, 0.3) is 0 Å². The molecule has 1 atom stereocenters. The van der Waals surface area contributed by atoms with Crippen LogP contribution in [-0.4, -0.2) is 36.1 Å². The summed E-state index contributed by atoms with van der Waals surface area (Å²) in [7, 11) is 0. The van der Waals surface area contributed by atoms with Crippen molar-refractivity contribution in [3.63, 3.8) is 0 Å². The monoisotopic (exact) mass is 196 g/mol. The van der Waals surface area contributed by atoms with Crippen LogP contribution in [0.15, 0.2) is 0 Å². The standard InChI is InChI=1S/C12H24N2/c1-11(2)6-5-10(11)14-8-7-13-12(3,4)9-14/h10,13H,5-9H2,1-4H3. The summed E-state index contributed by atoms with van der Waals surface area (Å²) in [4.78, 5) is 2.69. The Kier molecular flexibility index (Phi) is 2.39. The molecule has 0 radical (unpaired) electrons. The van der Waals surface area contributed by atoms with Crippen LogP contribution >= 0.6 is 0 Å². The number of rotatable bonds is 1. The van der Waals surface area contributed by atoms with E-state index in [4.69, 9.17) is 0 Å². The largest absolute Gasteiger partial charge is 0.309 e. The Morgan fingerprint density at radius 2 is 1.93 bits per heavy atom. The van der Waals surface area contributed by atoms with Crippen molar-refractivity contribution in [1.82, 2.24) is 10.2 Å². The number of hydrogen-bond donors (Lipinski definition) is 1. The molecule has 2 nitrogen and oxygen atoms in total. The molecule has 82 valence electrons. The Bertz CT molecular complexity index is 218. The lowest BCUT2D eigenvalue weighted by molar-refractivity contribution is -0.0253. The summed E-state index contributed by atoms with van der Waals surface area (Å²) in [5, 5.41) is 3.58. The Balaban J connectivity index is 1.98. The van der Waals surface area contributed by atoms with Crippen molar-refractivity contribution in [2.75, 3.05) is 19.6 Å². The molecule has 0 aromatic carbocycles. The van der Waals surface area contributed by atoms with Crippen molar-refractivity contribution in [1.29, 1.82) is 0 Å².